The van der Waals surface area contributed by atoms with Gasteiger partial charge >= 0.3 is 6.03 Å². The van der Waals surface area contributed by atoms with Crippen LogP contribution in [-0.4, -0.2) is 67.9 Å². The number of carbonyl (C=O) groups is 5. The predicted molar refractivity (Wildman–Crippen MR) is 191 cm³/mol. The monoisotopic (exact) mass is 671 g/mol. The van der Waals surface area contributed by atoms with Crippen molar-refractivity contribution < 1.29 is 24.0 Å². The van der Waals surface area contributed by atoms with Gasteiger partial charge in [-0.1, -0.05) is 74.5 Å². The maximum absolute atomic E-state index is 13.8. The van der Waals surface area contributed by atoms with Crippen molar-refractivity contribution in [2.24, 2.45) is 5.92 Å². The Labute approximate surface area is 288 Å². The maximum Gasteiger partial charge on any atom is 0.318 e. The Morgan fingerprint density at radius 1 is 0.714 bits per heavy atom. The normalized spacial score (nSPS) is 13.3. The van der Waals surface area contributed by atoms with Crippen LogP contribution in [0.1, 0.15) is 72.5 Å². The van der Waals surface area contributed by atoms with Crippen LogP contribution < -0.4 is 37.2 Å². The van der Waals surface area contributed by atoms with E-state index in [0.717, 1.165) is 11.1 Å². The zero-order valence-electron chi connectivity index (χ0n) is 29.1. The van der Waals surface area contributed by atoms with Gasteiger partial charge in [0.2, 0.25) is 11.8 Å². The molecular formula is C37H49N7O5. The molecular weight excluding hydrogens is 622 g/mol. The molecule has 0 aliphatic heterocycles. The first-order valence-corrected chi connectivity index (χ1v) is 16.6. The van der Waals surface area contributed by atoms with Crippen LogP contribution >= 0.6 is 0 Å². The molecule has 0 aliphatic carbocycles. The number of amides is 6. The van der Waals surface area contributed by atoms with E-state index in [1.165, 1.54) is 25.2 Å². The smallest absolute Gasteiger partial charge is 0.318 e. The lowest BCUT2D eigenvalue weighted by Crippen LogP contribution is -2.55. The Hall–Kier alpha value is -5.23. The minimum absolute atomic E-state index is 0.116. The SMILES string of the molecule is CCNC(=O)[C@@H](NC(=O)[C@H](C)NC[C@H](Cc1ccccc1)NC(=O)c1cc(NC(=O)NC)cc(C(=O)N[C@H](C)c2ccccc2)c1)C(C)C. The minimum atomic E-state index is -0.686. The average molecular weight is 672 g/mol. The molecule has 6 amide bonds. The van der Waals surface area contributed by atoms with Gasteiger partial charge in [0, 0.05) is 43.0 Å². The van der Waals surface area contributed by atoms with E-state index in [1.807, 2.05) is 88.4 Å². The number of likely N-dealkylation sites (N-methyl/N-ethyl adjacent to an activating group) is 1. The fraction of sp³-hybridized carbons (Fsp3) is 0.378. The second kappa shape index (κ2) is 18.9. The van der Waals surface area contributed by atoms with Crippen LogP contribution in [0.3, 0.4) is 0 Å². The number of anilines is 1. The molecule has 0 bridgehead atoms. The van der Waals surface area contributed by atoms with Crippen molar-refractivity contribution in [3.63, 3.8) is 0 Å². The van der Waals surface area contributed by atoms with Gasteiger partial charge in [-0.25, -0.2) is 4.79 Å². The van der Waals surface area contributed by atoms with Crippen molar-refractivity contribution in [2.45, 2.75) is 65.2 Å². The Morgan fingerprint density at radius 2 is 1.31 bits per heavy atom. The fourth-order valence-electron chi connectivity index (χ4n) is 5.11. The van der Waals surface area contributed by atoms with Gasteiger partial charge in [-0.2, -0.15) is 0 Å². The summed E-state index contributed by atoms with van der Waals surface area (Å²) >= 11 is 0. The van der Waals surface area contributed by atoms with Crippen LogP contribution in [0.4, 0.5) is 10.5 Å². The summed E-state index contributed by atoms with van der Waals surface area (Å²) in [6.45, 7) is 9.78. The Bertz CT molecular complexity index is 1570. The molecule has 0 saturated heterocycles. The Kier molecular flexibility index (Phi) is 14.8. The molecule has 0 heterocycles. The van der Waals surface area contributed by atoms with Crippen LogP contribution in [-0.2, 0) is 16.0 Å². The van der Waals surface area contributed by atoms with Crippen LogP contribution in [0, 0.1) is 5.92 Å². The largest absolute Gasteiger partial charge is 0.355 e. The van der Waals surface area contributed by atoms with Crippen molar-refractivity contribution in [3.8, 4) is 0 Å². The van der Waals surface area contributed by atoms with Crippen molar-refractivity contribution in [1.29, 1.82) is 0 Å². The lowest BCUT2D eigenvalue weighted by Gasteiger charge is -2.25. The van der Waals surface area contributed by atoms with Gasteiger partial charge in [0.05, 0.1) is 12.1 Å². The van der Waals surface area contributed by atoms with E-state index in [0.29, 0.717) is 13.0 Å². The second-order valence-electron chi connectivity index (χ2n) is 12.2. The molecule has 3 aromatic carbocycles. The average Bonchev–Trinajstić information content (AvgIpc) is 3.09. The highest BCUT2D eigenvalue weighted by Gasteiger charge is 2.26. The third-order valence-corrected chi connectivity index (χ3v) is 7.91. The molecule has 262 valence electrons. The molecule has 0 saturated carbocycles. The molecule has 3 aromatic rings. The first-order valence-electron chi connectivity index (χ1n) is 16.6. The number of rotatable bonds is 16. The fourth-order valence-corrected chi connectivity index (χ4v) is 5.11. The summed E-state index contributed by atoms with van der Waals surface area (Å²) in [5, 5.41) is 19.9. The Morgan fingerprint density at radius 3 is 1.88 bits per heavy atom. The van der Waals surface area contributed by atoms with E-state index in [4.69, 9.17) is 0 Å². The van der Waals surface area contributed by atoms with Crippen LogP contribution in [0.2, 0.25) is 0 Å². The van der Waals surface area contributed by atoms with Gasteiger partial charge < -0.3 is 37.2 Å². The zero-order chi connectivity index (χ0) is 35.9. The van der Waals surface area contributed by atoms with Crippen molar-refractivity contribution in [1.82, 2.24) is 31.9 Å². The predicted octanol–water partition coefficient (Wildman–Crippen LogP) is 3.53. The zero-order valence-corrected chi connectivity index (χ0v) is 29.1. The first kappa shape index (κ1) is 38.2. The highest BCUT2D eigenvalue weighted by atomic mass is 16.2. The summed E-state index contributed by atoms with van der Waals surface area (Å²) < 4.78 is 0. The third kappa shape index (κ3) is 12.1. The number of carbonyl (C=O) groups excluding carboxylic acids is 5. The first-order chi connectivity index (χ1) is 23.4. The van der Waals surface area contributed by atoms with Gasteiger partial charge in [-0.05, 0) is 62.4 Å². The molecule has 49 heavy (non-hydrogen) atoms. The number of hydrogen-bond donors (Lipinski definition) is 7. The standard InChI is InChI=1S/C37H49N7O5/c1-7-39-36(48)32(23(2)3)44-33(45)25(5)40-22-31(18-26-14-10-8-11-15-26)42-35(47)29-19-28(20-30(21-29)43-37(49)38-6)34(46)41-24(4)27-16-12-9-13-17-27/h8-17,19-21,23-25,31-32,40H,7,18,22H2,1-6H3,(H,39,48)(H,41,46)(H,42,47)(H,44,45)(H2,38,43,49)/t24-,25+,31+,32+/m1/s1. The summed E-state index contributed by atoms with van der Waals surface area (Å²) in [6.07, 6.45) is 0.444. The van der Waals surface area contributed by atoms with Crippen molar-refractivity contribution in [2.75, 3.05) is 25.5 Å². The van der Waals surface area contributed by atoms with Gasteiger partial charge in [-0.15, -0.1) is 0 Å². The maximum atomic E-state index is 13.8. The number of hydrogen-bond acceptors (Lipinski definition) is 6. The molecule has 4 atom stereocenters. The van der Waals surface area contributed by atoms with Gasteiger partial charge in [0.15, 0.2) is 0 Å². The lowest BCUT2D eigenvalue weighted by molar-refractivity contribution is -0.130. The number of nitrogens with one attached hydrogen (secondary N) is 7. The molecule has 0 unspecified atom stereocenters. The summed E-state index contributed by atoms with van der Waals surface area (Å²) in [7, 11) is 1.46. The van der Waals surface area contributed by atoms with Gasteiger partial charge in [0.25, 0.3) is 11.8 Å². The summed E-state index contributed by atoms with van der Waals surface area (Å²) in [5.41, 5.74) is 2.50. The van der Waals surface area contributed by atoms with E-state index in [1.54, 1.807) is 6.92 Å². The van der Waals surface area contributed by atoms with E-state index >= 15 is 0 Å². The summed E-state index contributed by atoms with van der Waals surface area (Å²) in [6, 6.07) is 20.9. The summed E-state index contributed by atoms with van der Waals surface area (Å²) in [4.78, 5) is 64.9. The quantitative estimate of drug-likeness (QED) is 0.123. The molecule has 0 radical (unpaired) electrons. The van der Waals surface area contributed by atoms with Crippen molar-refractivity contribution >= 4 is 35.3 Å². The molecule has 12 nitrogen and oxygen atoms in total. The molecule has 0 fully saturated rings. The van der Waals surface area contributed by atoms with Crippen LogP contribution in [0.5, 0.6) is 0 Å². The molecule has 12 heteroatoms. The molecule has 0 aliphatic rings. The molecule has 0 aromatic heterocycles. The number of urea groups is 1. The highest BCUT2D eigenvalue weighted by Crippen LogP contribution is 2.18. The van der Waals surface area contributed by atoms with E-state index in [9.17, 15) is 24.0 Å². The molecule has 3 rings (SSSR count). The Balaban J connectivity index is 1.81. The van der Waals surface area contributed by atoms with E-state index in [-0.39, 0.29) is 47.1 Å². The van der Waals surface area contributed by atoms with Gasteiger partial charge in [0.1, 0.15) is 6.04 Å². The van der Waals surface area contributed by atoms with E-state index in [2.05, 4.69) is 37.2 Å². The van der Waals surface area contributed by atoms with Crippen molar-refractivity contribution in [3.05, 3.63) is 101 Å². The van der Waals surface area contributed by atoms with Gasteiger partial charge in [-0.3, -0.25) is 19.2 Å². The van der Waals surface area contributed by atoms with E-state index < -0.39 is 36.0 Å². The van der Waals surface area contributed by atoms with Crippen LogP contribution in [0.25, 0.3) is 0 Å². The second-order valence-corrected chi connectivity index (χ2v) is 12.2. The summed E-state index contributed by atoms with van der Waals surface area (Å²) in [5.74, 6) is -1.59. The minimum Gasteiger partial charge on any atom is -0.355 e. The topological polar surface area (TPSA) is 170 Å². The number of benzene rings is 3. The molecule has 0 spiro atoms. The third-order valence-electron chi connectivity index (χ3n) is 7.91. The molecule has 7 N–H and O–H groups in total. The lowest BCUT2D eigenvalue weighted by atomic mass is 10.0. The highest BCUT2D eigenvalue weighted by molar-refractivity contribution is 6.02. The van der Waals surface area contributed by atoms with Crippen LogP contribution in [0.15, 0.2) is 78.9 Å².